The second-order valence-electron chi connectivity index (χ2n) is 5.83. The van der Waals surface area contributed by atoms with E-state index in [0.717, 1.165) is 4.90 Å². The molecular weight excluding hydrogens is 366 g/mol. The third kappa shape index (κ3) is 2.51. The predicted molar refractivity (Wildman–Crippen MR) is 84.8 cm³/mol. The lowest BCUT2D eigenvalue weighted by Gasteiger charge is -2.26. The fourth-order valence-corrected chi connectivity index (χ4v) is 3.61. The van der Waals surface area contributed by atoms with Crippen LogP contribution in [0.1, 0.15) is 23.3 Å². The van der Waals surface area contributed by atoms with Crippen LogP contribution in [0.2, 0.25) is 0 Å². The molecule has 2 atom stereocenters. The number of rotatable bonds is 4. The number of nitrogens with zero attached hydrogens (tertiary/aromatic N) is 4. The van der Waals surface area contributed by atoms with Gasteiger partial charge in [0.15, 0.2) is 6.04 Å². The molecule has 1 saturated heterocycles. The van der Waals surface area contributed by atoms with Crippen molar-refractivity contribution < 1.29 is 26.8 Å². The molecule has 12 heteroatoms. The highest BCUT2D eigenvalue weighted by Crippen LogP contribution is 2.43. The molecule has 0 aliphatic carbocycles. The third-order valence-electron chi connectivity index (χ3n) is 4.25. The highest BCUT2D eigenvalue weighted by Gasteiger charge is 2.53. The van der Waals surface area contributed by atoms with Gasteiger partial charge in [0.2, 0.25) is 5.91 Å². The average molecular weight is 379 g/mol. The highest BCUT2D eigenvalue weighted by atomic mass is 32.3. The Morgan fingerprint density at radius 3 is 2.62 bits per heavy atom. The number of carbonyl (C=O) groups is 2. The van der Waals surface area contributed by atoms with Crippen LogP contribution in [0, 0.1) is 0 Å². The lowest BCUT2D eigenvalue weighted by atomic mass is 9.98. The van der Waals surface area contributed by atoms with E-state index in [2.05, 4.69) is 9.38 Å². The Hall–Kier alpha value is -2.96. The lowest BCUT2D eigenvalue weighted by molar-refractivity contribution is -0.122. The van der Waals surface area contributed by atoms with Crippen LogP contribution < -0.4 is 5.73 Å². The van der Waals surface area contributed by atoms with Crippen LogP contribution in [0.5, 0.6) is 0 Å². The molecule has 1 aromatic carbocycles. The summed E-state index contributed by atoms with van der Waals surface area (Å²) in [5.74, 6) is -0.815. The van der Waals surface area contributed by atoms with Crippen LogP contribution >= 0.6 is 0 Å². The maximum Gasteiger partial charge on any atom is 0.418 e. The van der Waals surface area contributed by atoms with Gasteiger partial charge in [0.05, 0.1) is 12.2 Å². The maximum atomic E-state index is 12.4. The Bertz CT molecular complexity index is 1000. The van der Waals surface area contributed by atoms with Crippen molar-refractivity contribution in [2.24, 2.45) is 5.73 Å². The van der Waals surface area contributed by atoms with Crippen molar-refractivity contribution in [3.63, 3.8) is 0 Å². The number of amides is 3. The molecule has 0 radical (unpaired) electrons. The maximum absolute atomic E-state index is 12.4. The van der Waals surface area contributed by atoms with Crippen molar-refractivity contribution in [3.05, 3.63) is 47.8 Å². The van der Waals surface area contributed by atoms with Crippen molar-refractivity contribution in [2.75, 3.05) is 6.54 Å². The number of aromatic nitrogens is 2. The summed E-state index contributed by atoms with van der Waals surface area (Å²) in [7, 11) is -4.93. The molecule has 3 heterocycles. The number of hydrogen-bond donors (Lipinski definition) is 2. The molecule has 0 saturated carbocycles. The van der Waals surface area contributed by atoms with E-state index < -0.39 is 34.4 Å². The molecule has 1 aromatic heterocycles. The largest absolute Gasteiger partial charge is 0.418 e. The van der Waals surface area contributed by atoms with E-state index in [9.17, 15) is 18.0 Å². The molecule has 3 amide bonds. The molecule has 26 heavy (non-hydrogen) atoms. The second kappa shape index (κ2) is 5.52. The van der Waals surface area contributed by atoms with E-state index in [0.29, 0.717) is 16.3 Å². The van der Waals surface area contributed by atoms with Crippen LogP contribution in [-0.2, 0) is 19.5 Å². The van der Waals surface area contributed by atoms with Gasteiger partial charge in [0.1, 0.15) is 11.7 Å². The van der Waals surface area contributed by atoms with Gasteiger partial charge in [-0.25, -0.2) is 9.48 Å². The van der Waals surface area contributed by atoms with Crippen LogP contribution in [0.3, 0.4) is 0 Å². The first-order valence-electron chi connectivity index (χ1n) is 7.47. The SMILES string of the molecule is NC(=O)C1c2nn(-c3ccccc3)cc2C2CN1C(=O)N2OS(=O)(=O)O. The van der Waals surface area contributed by atoms with Gasteiger partial charge >= 0.3 is 16.4 Å². The molecule has 4 rings (SSSR count). The Labute approximate surface area is 147 Å². The number of primary amides is 1. The second-order valence-corrected chi connectivity index (χ2v) is 6.84. The number of carbonyl (C=O) groups excluding carboxylic acids is 2. The van der Waals surface area contributed by atoms with Crippen molar-refractivity contribution in [3.8, 4) is 5.69 Å². The zero-order valence-electron chi connectivity index (χ0n) is 13.1. The number of benzene rings is 1. The van der Waals surface area contributed by atoms with Crippen molar-refractivity contribution >= 4 is 22.3 Å². The Kier molecular flexibility index (Phi) is 3.50. The molecule has 2 aliphatic heterocycles. The van der Waals surface area contributed by atoms with Crippen LogP contribution in [-0.4, -0.2) is 51.2 Å². The number of hydrogen-bond acceptors (Lipinski definition) is 6. The van der Waals surface area contributed by atoms with E-state index in [1.165, 1.54) is 4.68 Å². The van der Waals surface area contributed by atoms with E-state index in [-0.39, 0.29) is 12.2 Å². The quantitative estimate of drug-likeness (QED) is 0.706. The summed E-state index contributed by atoms with van der Waals surface area (Å²) in [6.45, 7) is -0.0323. The fraction of sp³-hybridized carbons (Fsp3) is 0.214. The summed E-state index contributed by atoms with van der Waals surface area (Å²) in [4.78, 5) is 25.4. The first kappa shape index (κ1) is 16.5. The molecule has 2 aromatic rings. The van der Waals surface area contributed by atoms with Gasteiger partial charge < -0.3 is 10.6 Å². The predicted octanol–water partition coefficient (Wildman–Crippen LogP) is -0.0746. The standard InChI is InChI=1S/C14H13N5O6S/c15-13(20)12-11-9(6-18(16-11)8-4-2-1-3-5-8)10-7-17(12)14(21)19(10)25-26(22,23)24/h1-6,10,12H,7H2,(H2,15,20)(H,22,23,24). The first-order chi connectivity index (χ1) is 12.3. The summed E-state index contributed by atoms with van der Waals surface area (Å²) < 4.78 is 37.0. The molecule has 0 spiro atoms. The molecule has 136 valence electrons. The normalized spacial score (nSPS) is 21.8. The topological polar surface area (TPSA) is 148 Å². The molecular formula is C14H13N5O6S. The molecule has 1 fully saturated rings. The minimum atomic E-state index is -4.93. The van der Waals surface area contributed by atoms with E-state index in [1.807, 2.05) is 6.07 Å². The average Bonchev–Trinajstić information content (AvgIpc) is 3.12. The monoisotopic (exact) mass is 379 g/mol. The first-order valence-corrected chi connectivity index (χ1v) is 8.84. The fourth-order valence-electron chi connectivity index (χ4n) is 3.24. The molecule has 3 N–H and O–H groups in total. The molecule has 2 aliphatic rings. The number of para-hydroxylation sites is 1. The Morgan fingerprint density at radius 2 is 2.00 bits per heavy atom. The van der Waals surface area contributed by atoms with Gasteiger partial charge in [-0.05, 0) is 12.1 Å². The van der Waals surface area contributed by atoms with Gasteiger partial charge in [0.25, 0.3) is 0 Å². The van der Waals surface area contributed by atoms with Crippen LogP contribution in [0.25, 0.3) is 5.69 Å². The van der Waals surface area contributed by atoms with Crippen molar-refractivity contribution in [2.45, 2.75) is 12.1 Å². The minimum Gasteiger partial charge on any atom is -0.368 e. The summed E-state index contributed by atoms with van der Waals surface area (Å²) >= 11 is 0. The van der Waals surface area contributed by atoms with Crippen LogP contribution in [0.15, 0.2) is 36.5 Å². The summed E-state index contributed by atoms with van der Waals surface area (Å²) in [6, 6.07) is 6.06. The highest BCUT2D eigenvalue weighted by molar-refractivity contribution is 7.80. The van der Waals surface area contributed by atoms with E-state index >= 15 is 0 Å². The summed E-state index contributed by atoms with van der Waals surface area (Å²) in [5, 5.41) is 4.87. The van der Waals surface area contributed by atoms with Crippen molar-refractivity contribution in [1.29, 1.82) is 0 Å². The van der Waals surface area contributed by atoms with Gasteiger partial charge in [-0.2, -0.15) is 18.6 Å². The van der Waals surface area contributed by atoms with Gasteiger partial charge in [-0.15, -0.1) is 4.28 Å². The van der Waals surface area contributed by atoms with Gasteiger partial charge in [-0.3, -0.25) is 9.35 Å². The molecule has 11 nitrogen and oxygen atoms in total. The Morgan fingerprint density at radius 1 is 1.31 bits per heavy atom. The third-order valence-corrected chi connectivity index (χ3v) is 4.60. The van der Waals surface area contributed by atoms with Gasteiger partial charge in [-0.1, -0.05) is 18.2 Å². The lowest BCUT2D eigenvalue weighted by Crippen LogP contribution is -2.41. The minimum absolute atomic E-state index is 0.0323. The molecule has 2 bridgehead atoms. The number of hydroxylamine groups is 2. The van der Waals surface area contributed by atoms with E-state index in [1.54, 1.807) is 30.5 Å². The number of urea groups is 1. The van der Waals surface area contributed by atoms with Crippen molar-refractivity contribution in [1.82, 2.24) is 19.7 Å². The zero-order valence-corrected chi connectivity index (χ0v) is 13.9. The smallest absolute Gasteiger partial charge is 0.368 e. The van der Waals surface area contributed by atoms with E-state index in [4.69, 9.17) is 10.3 Å². The van der Waals surface area contributed by atoms with Gasteiger partial charge in [0, 0.05) is 11.8 Å². The Balaban J connectivity index is 1.84. The number of nitrogens with two attached hydrogens (primary N) is 1. The number of fused-ring (bicyclic) bond motifs is 4. The molecule has 2 unspecified atom stereocenters. The van der Waals surface area contributed by atoms with Crippen LogP contribution in [0.4, 0.5) is 4.79 Å². The summed E-state index contributed by atoms with van der Waals surface area (Å²) in [5.41, 5.74) is 6.77. The zero-order chi connectivity index (χ0) is 18.6. The summed E-state index contributed by atoms with van der Waals surface area (Å²) in [6.07, 6.45) is 1.57.